The van der Waals surface area contributed by atoms with E-state index in [1.807, 2.05) is 71.4 Å². The average molecular weight is 579 g/mol. The molecule has 1 saturated heterocycles. The van der Waals surface area contributed by atoms with E-state index in [-0.39, 0.29) is 17.8 Å². The standard InChI is InChI=1S/C34H34N4O3S/c1-2-29(24-8-4-3-5-9-24)36-33(39)25-11-12-30-28(20-25)31(34(40)37-30)32(26-13-18-42-22-26)35-27-10-6-7-23(19-27)21-38-14-16-41-17-15-38/h3-13,18-20,22,29,37,40H,2,14-17,21H2,1H3,(H,36,39)/t29-/m1/s1. The lowest BCUT2D eigenvalue weighted by atomic mass is 10.0. The molecule has 1 amide bonds. The van der Waals surface area contributed by atoms with Crippen molar-refractivity contribution in [2.24, 2.45) is 4.99 Å². The van der Waals surface area contributed by atoms with Crippen molar-refractivity contribution in [1.29, 1.82) is 0 Å². The second-order valence-electron chi connectivity index (χ2n) is 10.5. The van der Waals surface area contributed by atoms with Gasteiger partial charge in [0.1, 0.15) is 0 Å². The molecule has 0 unspecified atom stereocenters. The van der Waals surface area contributed by atoms with Crippen molar-refractivity contribution in [2.75, 3.05) is 26.3 Å². The summed E-state index contributed by atoms with van der Waals surface area (Å²) in [6.07, 6.45) is 0.772. The number of amides is 1. The fraction of sp³-hybridized carbons (Fsp3) is 0.235. The maximum atomic E-state index is 13.4. The van der Waals surface area contributed by atoms with E-state index in [1.54, 1.807) is 17.4 Å². The fourth-order valence-electron chi connectivity index (χ4n) is 5.44. The topological polar surface area (TPSA) is 90.0 Å². The lowest BCUT2D eigenvalue weighted by Crippen LogP contribution is -2.35. The molecule has 3 heterocycles. The van der Waals surface area contributed by atoms with Crippen LogP contribution < -0.4 is 5.32 Å². The number of carbonyl (C=O) groups is 1. The molecule has 1 aliphatic heterocycles. The van der Waals surface area contributed by atoms with E-state index in [1.165, 1.54) is 5.56 Å². The molecule has 2 aromatic heterocycles. The van der Waals surface area contributed by atoms with Gasteiger partial charge in [0.15, 0.2) is 5.88 Å². The number of ether oxygens (including phenoxy) is 1. The molecule has 7 nitrogen and oxygen atoms in total. The van der Waals surface area contributed by atoms with Crippen molar-refractivity contribution in [3.63, 3.8) is 0 Å². The largest absolute Gasteiger partial charge is 0.494 e. The lowest BCUT2D eigenvalue weighted by Gasteiger charge is -2.26. The number of H-pyrrole nitrogens is 1. The van der Waals surface area contributed by atoms with Crippen LogP contribution in [0.1, 0.15) is 52.0 Å². The van der Waals surface area contributed by atoms with Gasteiger partial charge in [0.2, 0.25) is 0 Å². The zero-order valence-corrected chi connectivity index (χ0v) is 24.4. The minimum absolute atomic E-state index is 0.0210. The summed E-state index contributed by atoms with van der Waals surface area (Å²) in [7, 11) is 0. The minimum Gasteiger partial charge on any atom is -0.494 e. The summed E-state index contributed by atoms with van der Waals surface area (Å²) in [5.74, 6) is -0.142. The van der Waals surface area contributed by atoms with E-state index >= 15 is 0 Å². The zero-order valence-electron chi connectivity index (χ0n) is 23.5. The van der Waals surface area contributed by atoms with E-state index in [2.05, 4.69) is 34.3 Å². The van der Waals surface area contributed by atoms with E-state index in [0.717, 1.165) is 67.0 Å². The number of hydrogen-bond acceptors (Lipinski definition) is 6. The van der Waals surface area contributed by atoms with Crippen LogP contribution in [-0.2, 0) is 11.3 Å². The number of thiophene rings is 1. The molecule has 0 radical (unpaired) electrons. The van der Waals surface area contributed by atoms with E-state index in [9.17, 15) is 9.90 Å². The van der Waals surface area contributed by atoms with Gasteiger partial charge >= 0.3 is 0 Å². The van der Waals surface area contributed by atoms with Gasteiger partial charge in [-0.2, -0.15) is 11.3 Å². The van der Waals surface area contributed by atoms with Gasteiger partial charge in [-0.1, -0.05) is 49.4 Å². The number of fused-ring (bicyclic) bond motifs is 1. The smallest absolute Gasteiger partial charge is 0.251 e. The van der Waals surface area contributed by atoms with Crippen LogP contribution in [-0.4, -0.2) is 52.9 Å². The maximum Gasteiger partial charge on any atom is 0.251 e. The molecule has 6 rings (SSSR count). The van der Waals surface area contributed by atoms with Gasteiger partial charge in [0.25, 0.3) is 5.91 Å². The second-order valence-corrected chi connectivity index (χ2v) is 11.3. The molecule has 1 fully saturated rings. The number of aromatic amines is 1. The average Bonchev–Trinajstić information content (AvgIpc) is 3.67. The number of hydrogen-bond donors (Lipinski definition) is 3. The molecule has 0 bridgehead atoms. The first-order valence-corrected chi connectivity index (χ1v) is 15.2. The summed E-state index contributed by atoms with van der Waals surface area (Å²) in [6, 6.07) is 25.6. The molecule has 0 saturated carbocycles. The first kappa shape index (κ1) is 27.9. The highest BCUT2D eigenvalue weighted by molar-refractivity contribution is 7.08. The number of morpholine rings is 1. The molecule has 8 heteroatoms. The third-order valence-corrected chi connectivity index (χ3v) is 8.33. The molecular formula is C34H34N4O3S. The van der Waals surface area contributed by atoms with Crippen LogP contribution >= 0.6 is 11.3 Å². The molecule has 0 aliphatic carbocycles. The van der Waals surface area contributed by atoms with Crippen molar-refractivity contribution < 1.29 is 14.6 Å². The minimum atomic E-state index is -0.163. The molecule has 3 aromatic carbocycles. The van der Waals surface area contributed by atoms with Crippen LogP contribution in [0, 0.1) is 0 Å². The van der Waals surface area contributed by atoms with Gasteiger partial charge in [0, 0.05) is 47.0 Å². The number of nitrogens with one attached hydrogen (secondary N) is 2. The summed E-state index contributed by atoms with van der Waals surface area (Å²) in [4.78, 5) is 24.0. The normalized spacial score (nSPS) is 15.1. The Bertz CT molecular complexity index is 1690. The number of rotatable bonds is 9. The van der Waals surface area contributed by atoms with Crippen molar-refractivity contribution in [3.8, 4) is 5.88 Å². The molecule has 1 aliphatic rings. The first-order valence-electron chi connectivity index (χ1n) is 14.3. The molecule has 0 spiro atoms. The Morgan fingerprint density at radius 3 is 2.64 bits per heavy atom. The van der Waals surface area contributed by atoms with Gasteiger partial charge in [-0.25, -0.2) is 4.99 Å². The summed E-state index contributed by atoms with van der Waals surface area (Å²) in [6.45, 7) is 6.23. The first-order chi connectivity index (χ1) is 20.6. The summed E-state index contributed by atoms with van der Waals surface area (Å²) >= 11 is 1.57. The molecular weight excluding hydrogens is 544 g/mol. The molecule has 3 N–H and O–H groups in total. The van der Waals surface area contributed by atoms with E-state index < -0.39 is 0 Å². The molecule has 1 atom stereocenters. The van der Waals surface area contributed by atoms with Crippen LogP contribution in [0.2, 0.25) is 0 Å². The highest BCUT2D eigenvalue weighted by Crippen LogP contribution is 2.33. The van der Waals surface area contributed by atoms with E-state index in [4.69, 9.17) is 9.73 Å². The molecule has 214 valence electrons. The number of aromatic nitrogens is 1. The van der Waals surface area contributed by atoms with Gasteiger partial charge in [-0.15, -0.1) is 0 Å². The highest BCUT2D eigenvalue weighted by Gasteiger charge is 2.22. The molecule has 5 aromatic rings. The van der Waals surface area contributed by atoms with Gasteiger partial charge < -0.3 is 20.1 Å². The summed E-state index contributed by atoms with van der Waals surface area (Å²) in [5, 5.41) is 19.1. The van der Waals surface area contributed by atoms with Gasteiger partial charge in [-0.05, 0) is 59.3 Å². The van der Waals surface area contributed by atoms with Gasteiger partial charge in [-0.3, -0.25) is 9.69 Å². The van der Waals surface area contributed by atoms with Crippen molar-refractivity contribution >= 4 is 39.5 Å². The Balaban J connectivity index is 1.36. The third kappa shape index (κ3) is 6.16. The van der Waals surface area contributed by atoms with Crippen molar-refractivity contribution in [3.05, 3.63) is 117 Å². The predicted octanol–water partition coefficient (Wildman–Crippen LogP) is 6.82. The predicted molar refractivity (Wildman–Crippen MR) is 169 cm³/mol. The Kier molecular flexibility index (Phi) is 8.46. The Hall–Kier alpha value is -4.24. The van der Waals surface area contributed by atoms with Crippen molar-refractivity contribution in [1.82, 2.24) is 15.2 Å². The van der Waals surface area contributed by atoms with Crippen LogP contribution in [0.15, 0.2) is 94.6 Å². The monoisotopic (exact) mass is 578 g/mol. The van der Waals surface area contributed by atoms with Crippen LogP contribution in [0.5, 0.6) is 5.88 Å². The van der Waals surface area contributed by atoms with Crippen molar-refractivity contribution in [2.45, 2.75) is 25.9 Å². The Morgan fingerprint density at radius 2 is 1.88 bits per heavy atom. The van der Waals surface area contributed by atoms with Crippen LogP contribution in [0.25, 0.3) is 10.9 Å². The number of carbonyl (C=O) groups excluding carboxylic acids is 1. The van der Waals surface area contributed by atoms with Gasteiger partial charge in [0.05, 0.1) is 36.2 Å². The fourth-order valence-corrected chi connectivity index (χ4v) is 6.08. The number of aliphatic imine (C=N–C) groups is 1. The molecule has 42 heavy (non-hydrogen) atoms. The Morgan fingerprint density at radius 1 is 1.05 bits per heavy atom. The number of benzene rings is 3. The third-order valence-electron chi connectivity index (χ3n) is 7.65. The second kappa shape index (κ2) is 12.7. The Labute approximate surface area is 249 Å². The van der Waals surface area contributed by atoms with Crippen LogP contribution in [0.4, 0.5) is 5.69 Å². The lowest BCUT2D eigenvalue weighted by molar-refractivity contribution is 0.0342. The number of aromatic hydroxyl groups is 1. The van der Waals surface area contributed by atoms with Crippen LogP contribution in [0.3, 0.4) is 0 Å². The maximum absolute atomic E-state index is 13.4. The highest BCUT2D eigenvalue weighted by atomic mass is 32.1. The quantitative estimate of drug-likeness (QED) is 0.168. The SMILES string of the molecule is CC[C@@H](NC(=O)c1ccc2[nH]c(O)c(C(=Nc3cccc(CN4CCOCC4)c3)c3ccsc3)c2c1)c1ccccc1. The summed E-state index contributed by atoms with van der Waals surface area (Å²) < 4.78 is 5.50. The zero-order chi connectivity index (χ0) is 28.9. The van der Waals surface area contributed by atoms with E-state index in [0.29, 0.717) is 16.8 Å². The summed E-state index contributed by atoms with van der Waals surface area (Å²) in [5.41, 5.74) is 6.43. The number of nitrogens with zero attached hydrogens (tertiary/aromatic N) is 2.